The molecule has 10 heteroatoms. The van der Waals surface area contributed by atoms with Crippen LogP contribution in [0, 0.1) is 13.8 Å². The zero-order valence-electron chi connectivity index (χ0n) is 27.6. The predicted molar refractivity (Wildman–Crippen MR) is 184 cm³/mol. The third-order valence-electron chi connectivity index (χ3n) is 7.97. The highest BCUT2D eigenvalue weighted by molar-refractivity contribution is 7.92. The largest absolute Gasteiger partial charge is 0.493 e. The summed E-state index contributed by atoms with van der Waals surface area (Å²) in [6, 6.07) is 27.5. The highest BCUT2D eigenvalue weighted by Crippen LogP contribution is 2.32. The van der Waals surface area contributed by atoms with Gasteiger partial charge in [-0.25, -0.2) is 8.42 Å². The first-order valence-corrected chi connectivity index (χ1v) is 17.0. The summed E-state index contributed by atoms with van der Waals surface area (Å²) >= 11 is 0. The number of aryl methyl sites for hydroxylation is 2. The van der Waals surface area contributed by atoms with E-state index in [-0.39, 0.29) is 29.5 Å². The van der Waals surface area contributed by atoms with Crippen molar-refractivity contribution in [1.29, 1.82) is 0 Å². The normalized spacial score (nSPS) is 11.8. The van der Waals surface area contributed by atoms with Crippen LogP contribution in [0.1, 0.15) is 35.6 Å². The van der Waals surface area contributed by atoms with Gasteiger partial charge in [0.05, 0.1) is 24.8 Å². The molecule has 0 aromatic heterocycles. The van der Waals surface area contributed by atoms with Crippen molar-refractivity contribution in [1.82, 2.24) is 10.2 Å². The van der Waals surface area contributed by atoms with E-state index >= 15 is 0 Å². The third kappa shape index (κ3) is 8.71. The molecule has 9 nitrogen and oxygen atoms in total. The number of methoxy groups -OCH3 is 2. The summed E-state index contributed by atoms with van der Waals surface area (Å²) in [6.45, 7) is 5.82. The summed E-state index contributed by atoms with van der Waals surface area (Å²) < 4.78 is 40.5. The second-order valence-electron chi connectivity index (χ2n) is 11.3. The number of benzene rings is 4. The lowest BCUT2D eigenvalue weighted by Gasteiger charge is -2.34. The Morgan fingerprint density at radius 1 is 0.830 bits per heavy atom. The molecule has 4 aromatic carbocycles. The number of amides is 2. The zero-order valence-corrected chi connectivity index (χ0v) is 28.4. The second kappa shape index (κ2) is 16.1. The van der Waals surface area contributed by atoms with Crippen LogP contribution in [0.4, 0.5) is 5.69 Å². The van der Waals surface area contributed by atoms with Crippen LogP contribution >= 0.6 is 0 Å². The molecule has 0 aliphatic rings. The highest BCUT2D eigenvalue weighted by Gasteiger charge is 2.35. The van der Waals surface area contributed by atoms with Crippen molar-refractivity contribution in [2.45, 2.75) is 51.1 Å². The molecule has 0 aliphatic heterocycles. The smallest absolute Gasteiger partial charge is 0.264 e. The van der Waals surface area contributed by atoms with Crippen LogP contribution in [0.15, 0.2) is 102 Å². The Hall–Kier alpha value is -4.83. The van der Waals surface area contributed by atoms with Gasteiger partial charge in [-0.2, -0.15) is 0 Å². The van der Waals surface area contributed by atoms with E-state index in [4.69, 9.17) is 9.47 Å². The van der Waals surface area contributed by atoms with Crippen molar-refractivity contribution in [3.8, 4) is 11.5 Å². The highest BCUT2D eigenvalue weighted by atomic mass is 32.2. The Morgan fingerprint density at radius 3 is 2.13 bits per heavy atom. The van der Waals surface area contributed by atoms with E-state index in [1.807, 2.05) is 75.4 Å². The van der Waals surface area contributed by atoms with Gasteiger partial charge in [-0.1, -0.05) is 79.2 Å². The van der Waals surface area contributed by atoms with Gasteiger partial charge in [-0.05, 0) is 61.2 Å². The lowest BCUT2D eigenvalue weighted by Crippen LogP contribution is -2.53. The standard InChI is InChI=1S/C37H43N3O6S/c1-6-22-38-37(42)33(23-29-13-8-7-9-14-29)39(25-30-15-11-10-12-28(30)3)36(41)26-40(31-18-16-27(2)17-19-31)47(43,44)32-20-21-34(45-4)35(24-32)46-5/h7-21,24,33H,6,22-23,25-26H2,1-5H3,(H,38,42)/t33-/m1/s1. The zero-order chi connectivity index (χ0) is 34.0. The fraction of sp³-hybridized carbons (Fsp3) is 0.297. The molecule has 0 unspecified atom stereocenters. The fourth-order valence-corrected chi connectivity index (χ4v) is 6.67. The number of carbonyl (C=O) groups excluding carboxylic acids is 2. The molecule has 1 atom stereocenters. The summed E-state index contributed by atoms with van der Waals surface area (Å²) in [5.74, 6) is -0.219. The van der Waals surface area contributed by atoms with Gasteiger partial charge >= 0.3 is 0 Å². The van der Waals surface area contributed by atoms with Gasteiger partial charge in [0.1, 0.15) is 12.6 Å². The van der Waals surface area contributed by atoms with E-state index in [0.717, 1.165) is 33.0 Å². The molecule has 47 heavy (non-hydrogen) atoms. The summed E-state index contributed by atoms with van der Waals surface area (Å²) in [7, 11) is -1.41. The fourth-order valence-electron chi connectivity index (χ4n) is 5.23. The number of nitrogens with one attached hydrogen (secondary N) is 1. The molecule has 0 radical (unpaired) electrons. The van der Waals surface area contributed by atoms with Gasteiger partial charge in [-0.3, -0.25) is 13.9 Å². The van der Waals surface area contributed by atoms with Crippen molar-refractivity contribution < 1.29 is 27.5 Å². The minimum absolute atomic E-state index is 0.0736. The Labute approximate surface area is 278 Å². The second-order valence-corrected chi connectivity index (χ2v) is 13.2. The molecule has 1 N–H and O–H groups in total. The number of hydrogen-bond donors (Lipinski definition) is 1. The molecular formula is C37H43N3O6S. The molecule has 0 saturated carbocycles. The van der Waals surface area contributed by atoms with Crippen LogP contribution in [0.3, 0.4) is 0 Å². The molecular weight excluding hydrogens is 614 g/mol. The first kappa shape index (κ1) is 35.0. The first-order chi connectivity index (χ1) is 22.6. The average molecular weight is 658 g/mol. The summed E-state index contributed by atoms with van der Waals surface area (Å²) in [5.41, 5.74) is 3.92. The topological polar surface area (TPSA) is 105 Å². The van der Waals surface area contributed by atoms with Crippen LogP contribution < -0.4 is 19.1 Å². The molecule has 0 aliphatic carbocycles. The molecule has 0 fully saturated rings. The van der Waals surface area contributed by atoms with Crippen LogP contribution in [-0.2, 0) is 32.6 Å². The quantitative estimate of drug-likeness (QED) is 0.176. The van der Waals surface area contributed by atoms with Crippen LogP contribution in [0.25, 0.3) is 0 Å². The van der Waals surface area contributed by atoms with E-state index in [0.29, 0.717) is 18.0 Å². The average Bonchev–Trinajstić information content (AvgIpc) is 3.08. The number of carbonyl (C=O) groups is 2. The molecule has 4 rings (SSSR count). The van der Waals surface area contributed by atoms with E-state index in [2.05, 4.69) is 5.32 Å². The van der Waals surface area contributed by atoms with E-state index in [9.17, 15) is 18.0 Å². The Balaban J connectivity index is 1.82. The Kier molecular flexibility index (Phi) is 12.0. The van der Waals surface area contributed by atoms with Crippen molar-refractivity contribution in [3.05, 3.63) is 119 Å². The lowest BCUT2D eigenvalue weighted by atomic mass is 10.0. The molecule has 0 heterocycles. The SMILES string of the molecule is CCCNC(=O)[C@@H](Cc1ccccc1)N(Cc1ccccc1C)C(=O)CN(c1ccc(C)cc1)S(=O)(=O)c1ccc(OC)c(OC)c1. The molecule has 0 saturated heterocycles. The van der Waals surface area contributed by atoms with Gasteiger partial charge in [0.25, 0.3) is 10.0 Å². The van der Waals surface area contributed by atoms with Crippen molar-refractivity contribution in [3.63, 3.8) is 0 Å². The van der Waals surface area contributed by atoms with E-state index < -0.39 is 28.5 Å². The number of anilines is 1. The predicted octanol–water partition coefficient (Wildman–Crippen LogP) is 5.68. The molecule has 0 bridgehead atoms. The summed E-state index contributed by atoms with van der Waals surface area (Å²) in [6.07, 6.45) is 0.973. The van der Waals surface area contributed by atoms with Gasteiger partial charge in [0.2, 0.25) is 11.8 Å². The number of rotatable bonds is 15. The summed E-state index contributed by atoms with van der Waals surface area (Å²) in [5, 5.41) is 2.97. The number of sulfonamides is 1. The minimum atomic E-state index is -4.30. The Morgan fingerprint density at radius 2 is 1.49 bits per heavy atom. The van der Waals surface area contributed by atoms with Crippen LogP contribution in [0.2, 0.25) is 0 Å². The molecule has 2 amide bonds. The maximum absolute atomic E-state index is 14.6. The molecule has 4 aromatic rings. The molecule has 248 valence electrons. The van der Waals surface area contributed by atoms with Crippen molar-refractivity contribution in [2.24, 2.45) is 0 Å². The van der Waals surface area contributed by atoms with Crippen LogP contribution in [-0.4, -0.2) is 58.5 Å². The summed E-state index contributed by atoms with van der Waals surface area (Å²) in [4.78, 5) is 29.9. The monoisotopic (exact) mass is 657 g/mol. The maximum Gasteiger partial charge on any atom is 0.264 e. The number of hydrogen-bond acceptors (Lipinski definition) is 6. The van der Waals surface area contributed by atoms with Crippen LogP contribution in [0.5, 0.6) is 11.5 Å². The number of ether oxygens (including phenoxy) is 2. The van der Waals surface area contributed by atoms with Gasteiger partial charge in [0, 0.05) is 25.6 Å². The Bertz CT molecular complexity index is 1760. The maximum atomic E-state index is 14.6. The first-order valence-electron chi connectivity index (χ1n) is 15.6. The van der Waals surface area contributed by atoms with E-state index in [1.165, 1.54) is 37.3 Å². The van der Waals surface area contributed by atoms with E-state index in [1.54, 1.807) is 24.3 Å². The van der Waals surface area contributed by atoms with Crippen molar-refractivity contribution in [2.75, 3.05) is 31.6 Å². The third-order valence-corrected chi connectivity index (χ3v) is 9.74. The van der Waals surface area contributed by atoms with Gasteiger partial charge in [0.15, 0.2) is 11.5 Å². The lowest BCUT2D eigenvalue weighted by molar-refractivity contribution is -0.140. The van der Waals surface area contributed by atoms with Gasteiger partial charge in [-0.15, -0.1) is 0 Å². The van der Waals surface area contributed by atoms with Gasteiger partial charge < -0.3 is 19.7 Å². The van der Waals surface area contributed by atoms with Crippen molar-refractivity contribution >= 4 is 27.5 Å². The number of nitrogens with zero attached hydrogens (tertiary/aromatic N) is 2. The minimum Gasteiger partial charge on any atom is -0.493 e. The molecule has 0 spiro atoms.